The molecule has 6 nitrogen and oxygen atoms in total. The Morgan fingerprint density at radius 3 is 2.65 bits per heavy atom. The van der Waals surface area contributed by atoms with Crippen LogP contribution in [0, 0.1) is 6.92 Å². The lowest BCUT2D eigenvalue weighted by Crippen LogP contribution is -2.34. The van der Waals surface area contributed by atoms with Gasteiger partial charge in [-0.2, -0.15) is 0 Å². The van der Waals surface area contributed by atoms with Crippen LogP contribution < -0.4 is 14.8 Å². The third-order valence-corrected chi connectivity index (χ3v) is 4.17. The van der Waals surface area contributed by atoms with Crippen LogP contribution in [0.5, 0.6) is 11.5 Å². The number of aromatic nitrogens is 2. The first-order valence-electron chi connectivity index (χ1n) is 7.76. The van der Waals surface area contributed by atoms with Gasteiger partial charge in [-0.3, -0.25) is 9.78 Å². The van der Waals surface area contributed by atoms with E-state index in [1.54, 1.807) is 18.3 Å². The van der Waals surface area contributed by atoms with Gasteiger partial charge in [-0.15, -0.1) is 0 Å². The summed E-state index contributed by atoms with van der Waals surface area (Å²) in [5.41, 5.74) is 1.70. The summed E-state index contributed by atoms with van der Waals surface area (Å²) in [5, 5.41) is 2.81. The molecule has 1 aromatic heterocycles. The van der Waals surface area contributed by atoms with E-state index in [9.17, 15) is 4.79 Å². The summed E-state index contributed by atoms with van der Waals surface area (Å²) >= 11 is 0. The summed E-state index contributed by atoms with van der Waals surface area (Å²) in [5.74, 6) is 0.625. The van der Waals surface area contributed by atoms with Gasteiger partial charge in [-0.25, -0.2) is 4.98 Å². The second kappa shape index (κ2) is 5.22. The lowest BCUT2D eigenvalue weighted by atomic mass is 10.2. The van der Waals surface area contributed by atoms with Gasteiger partial charge in [0, 0.05) is 30.8 Å². The largest absolute Gasteiger partial charge is 0.448 e. The van der Waals surface area contributed by atoms with Crippen LogP contribution >= 0.6 is 0 Å². The van der Waals surface area contributed by atoms with Crippen molar-refractivity contribution in [2.45, 2.75) is 38.4 Å². The highest BCUT2D eigenvalue weighted by Crippen LogP contribution is 2.47. The number of carbonyl (C=O) groups is 1. The standard InChI is InChI=1S/C17H17N3O3/c1-11-9-19-13(10-18-11)16(21)20-12-4-5-14-15(8-12)23-17(22-14)6-2-3-7-17/h4-5,8-10H,2-3,6-7H2,1H3,(H,20,21). The molecule has 1 saturated carbocycles. The van der Waals surface area contributed by atoms with Gasteiger partial charge in [-0.05, 0) is 31.9 Å². The summed E-state index contributed by atoms with van der Waals surface area (Å²) in [4.78, 5) is 20.3. The van der Waals surface area contributed by atoms with Gasteiger partial charge in [-0.1, -0.05) is 0 Å². The minimum absolute atomic E-state index is 0.278. The Kier molecular flexibility index (Phi) is 3.18. The van der Waals surface area contributed by atoms with Crippen molar-refractivity contribution < 1.29 is 14.3 Å². The Balaban J connectivity index is 1.51. The first-order valence-corrected chi connectivity index (χ1v) is 7.76. The Morgan fingerprint density at radius 2 is 1.91 bits per heavy atom. The zero-order valence-electron chi connectivity index (χ0n) is 12.8. The van der Waals surface area contributed by atoms with Crippen LogP contribution in [-0.2, 0) is 0 Å². The number of anilines is 1. The number of fused-ring (bicyclic) bond motifs is 1. The number of hydrogen-bond donors (Lipinski definition) is 1. The number of amides is 1. The monoisotopic (exact) mass is 311 g/mol. The van der Waals surface area contributed by atoms with Crippen LogP contribution in [0.3, 0.4) is 0 Å². The number of benzene rings is 1. The Morgan fingerprint density at radius 1 is 1.13 bits per heavy atom. The maximum atomic E-state index is 12.2. The van der Waals surface area contributed by atoms with Gasteiger partial charge in [0.25, 0.3) is 11.7 Å². The molecule has 6 heteroatoms. The predicted octanol–water partition coefficient (Wildman–Crippen LogP) is 3.08. The molecule has 0 saturated heterocycles. The summed E-state index contributed by atoms with van der Waals surface area (Å²) in [6.07, 6.45) is 7.07. The van der Waals surface area contributed by atoms with E-state index in [1.165, 1.54) is 6.20 Å². The normalized spacial score (nSPS) is 17.4. The molecule has 4 rings (SSSR count). The van der Waals surface area contributed by atoms with E-state index >= 15 is 0 Å². The topological polar surface area (TPSA) is 73.3 Å². The molecule has 0 bridgehead atoms. The smallest absolute Gasteiger partial charge is 0.275 e. The average molecular weight is 311 g/mol. The molecule has 1 aliphatic heterocycles. The molecule has 0 unspecified atom stereocenters. The summed E-state index contributed by atoms with van der Waals surface area (Å²) in [7, 11) is 0. The minimum Gasteiger partial charge on any atom is -0.448 e. The van der Waals surface area contributed by atoms with Crippen molar-refractivity contribution in [3.05, 3.63) is 42.0 Å². The minimum atomic E-state index is -0.493. The van der Waals surface area contributed by atoms with E-state index in [-0.39, 0.29) is 11.6 Å². The van der Waals surface area contributed by atoms with Crippen LogP contribution in [0.4, 0.5) is 5.69 Å². The fourth-order valence-corrected chi connectivity index (χ4v) is 2.99. The molecule has 1 aliphatic carbocycles. The molecule has 1 N–H and O–H groups in total. The first-order chi connectivity index (χ1) is 11.1. The number of nitrogens with one attached hydrogen (secondary N) is 1. The molecular formula is C17H17N3O3. The van der Waals surface area contributed by atoms with Crippen LogP contribution in [-0.4, -0.2) is 21.7 Å². The number of hydrogen-bond acceptors (Lipinski definition) is 5. The third kappa shape index (κ3) is 2.60. The molecule has 0 atom stereocenters. The Hall–Kier alpha value is -2.63. The highest BCUT2D eigenvalue weighted by atomic mass is 16.7. The summed E-state index contributed by atoms with van der Waals surface area (Å²) in [6, 6.07) is 5.43. The molecule has 1 aromatic carbocycles. The van der Waals surface area contributed by atoms with E-state index in [4.69, 9.17) is 9.47 Å². The molecule has 2 aromatic rings. The van der Waals surface area contributed by atoms with Gasteiger partial charge < -0.3 is 14.8 Å². The number of ether oxygens (including phenoxy) is 2. The quantitative estimate of drug-likeness (QED) is 0.922. The number of nitrogens with zero attached hydrogens (tertiary/aromatic N) is 2. The number of carbonyl (C=O) groups excluding carboxylic acids is 1. The highest BCUT2D eigenvalue weighted by Gasteiger charge is 2.44. The van der Waals surface area contributed by atoms with Crippen molar-refractivity contribution >= 4 is 11.6 Å². The molecule has 2 aliphatic rings. The van der Waals surface area contributed by atoms with Crippen LogP contribution in [0.2, 0.25) is 0 Å². The fourth-order valence-electron chi connectivity index (χ4n) is 2.99. The van der Waals surface area contributed by atoms with Crippen molar-refractivity contribution in [2.24, 2.45) is 0 Å². The third-order valence-electron chi connectivity index (χ3n) is 4.17. The fraction of sp³-hybridized carbons (Fsp3) is 0.353. The van der Waals surface area contributed by atoms with Crippen LogP contribution in [0.25, 0.3) is 0 Å². The second-order valence-corrected chi connectivity index (χ2v) is 5.98. The van der Waals surface area contributed by atoms with Crippen LogP contribution in [0.15, 0.2) is 30.6 Å². The van der Waals surface area contributed by atoms with Gasteiger partial charge in [0.2, 0.25) is 0 Å². The van der Waals surface area contributed by atoms with E-state index < -0.39 is 5.79 Å². The molecule has 118 valence electrons. The lowest BCUT2D eigenvalue weighted by molar-refractivity contribution is -0.0716. The zero-order chi connectivity index (χ0) is 15.9. The number of rotatable bonds is 2. The Labute approximate surface area is 133 Å². The van der Waals surface area contributed by atoms with Crippen molar-refractivity contribution in [3.63, 3.8) is 0 Å². The molecule has 0 radical (unpaired) electrons. The van der Waals surface area contributed by atoms with E-state index in [1.807, 2.05) is 13.0 Å². The first kappa shape index (κ1) is 14.0. The molecule has 2 heterocycles. The average Bonchev–Trinajstić information content (AvgIpc) is 3.14. The van der Waals surface area contributed by atoms with E-state index in [0.29, 0.717) is 11.4 Å². The molecule has 1 amide bonds. The molecule has 1 fully saturated rings. The second-order valence-electron chi connectivity index (χ2n) is 5.98. The zero-order valence-corrected chi connectivity index (χ0v) is 12.8. The van der Waals surface area contributed by atoms with E-state index in [2.05, 4.69) is 15.3 Å². The van der Waals surface area contributed by atoms with Crippen molar-refractivity contribution in [1.82, 2.24) is 9.97 Å². The summed E-state index contributed by atoms with van der Waals surface area (Å²) in [6.45, 7) is 1.82. The van der Waals surface area contributed by atoms with Crippen molar-refractivity contribution in [2.75, 3.05) is 5.32 Å². The Bertz CT molecular complexity index is 752. The highest BCUT2D eigenvalue weighted by molar-refractivity contribution is 6.02. The SMILES string of the molecule is Cc1cnc(C(=O)Nc2ccc3c(c2)OC2(CCCC2)O3)cn1. The van der Waals surface area contributed by atoms with Gasteiger partial charge >= 0.3 is 0 Å². The maximum Gasteiger partial charge on any atom is 0.275 e. The molecule has 23 heavy (non-hydrogen) atoms. The van der Waals surface area contributed by atoms with Gasteiger partial charge in [0.1, 0.15) is 5.69 Å². The maximum absolute atomic E-state index is 12.2. The summed E-state index contributed by atoms with van der Waals surface area (Å²) < 4.78 is 12.0. The molecular weight excluding hydrogens is 294 g/mol. The lowest BCUT2D eigenvalue weighted by Gasteiger charge is -2.21. The van der Waals surface area contributed by atoms with Gasteiger partial charge in [0.15, 0.2) is 11.5 Å². The number of aryl methyl sites for hydroxylation is 1. The molecule has 1 spiro atoms. The van der Waals surface area contributed by atoms with Gasteiger partial charge in [0.05, 0.1) is 11.9 Å². The van der Waals surface area contributed by atoms with Crippen molar-refractivity contribution in [1.29, 1.82) is 0 Å². The van der Waals surface area contributed by atoms with E-state index in [0.717, 1.165) is 37.1 Å². The van der Waals surface area contributed by atoms with Crippen LogP contribution in [0.1, 0.15) is 41.9 Å². The predicted molar refractivity (Wildman–Crippen MR) is 83.6 cm³/mol. The van der Waals surface area contributed by atoms with Crippen molar-refractivity contribution in [3.8, 4) is 11.5 Å².